The van der Waals surface area contributed by atoms with Crippen molar-refractivity contribution in [3.8, 4) is 0 Å². The number of hydrogen-bond donors (Lipinski definition) is 1. The van der Waals surface area contributed by atoms with Crippen LogP contribution in [0.3, 0.4) is 0 Å². The van der Waals surface area contributed by atoms with Crippen LogP contribution in [0.25, 0.3) is 0 Å². The van der Waals surface area contributed by atoms with E-state index in [-0.39, 0.29) is 16.5 Å². The monoisotopic (exact) mass is 432 g/mol. The molecule has 0 spiro atoms. The molecule has 0 radical (unpaired) electrons. The molecule has 0 saturated carbocycles. The minimum absolute atomic E-state index is 0.0131. The van der Waals surface area contributed by atoms with E-state index >= 15 is 0 Å². The maximum absolute atomic E-state index is 12.7. The number of carbonyl (C=O) groups excluding carboxylic acids is 1. The number of nitro groups is 1. The molecule has 1 amide bonds. The summed E-state index contributed by atoms with van der Waals surface area (Å²) in [6.45, 7) is 5.08. The lowest BCUT2D eigenvalue weighted by Crippen LogP contribution is -2.48. The Labute approximate surface area is 166 Å². The van der Waals surface area contributed by atoms with E-state index in [1.807, 2.05) is 42.2 Å². The molecule has 2 aromatic carbocycles. The predicted molar refractivity (Wildman–Crippen MR) is 110 cm³/mol. The topological polar surface area (TPSA) is 78.7 Å². The van der Waals surface area contributed by atoms with Crippen molar-refractivity contribution in [3.05, 3.63) is 62.6 Å². The summed E-state index contributed by atoms with van der Waals surface area (Å²) in [7, 11) is 0. The summed E-state index contributed by atoms with van der Waals surface area (Å²) < 4.78 is 0.795. The van der Waals surface area contributed by atoms with Gasteiger partial charge in [-0.2, -0.15) is 0 Å². The van der Waals surface area contributed by atoms with Crippen LogP contribution in [-0.2, 0) is 0 Å². The summed E-state index contributed by atoms with van der Waals surface area (Å²) >= 11 is 3.43. The second-order valence-corrected chi connectivity index (χ2v) is 7.10. The number of nitro benzene ring substituents is 1. The van der Waals surface area contributed by atoms with Gasteiger partial charge in [0.1, 0.15) is 5.69 Å². The highest BCUT2D eigenvalue weighted by atomic mass is 79.9. The number of carbonyl (C=O) groups is 1. The molecule has 1 saturated heterocycles. The van der Waals surface area contributed by atoms with Crippen molar-refractivity contribution in [1.82, 2.24) is 4.90 Å². The highest BCUT2D eigenvalue weighted by molar-refractivity contribution is 9.10. The minimum atomic E-state index is -0.379. The number of benzene rings is 2. The molecule has 1 aliphatic heterocycles. The standard InChI is InChI=1S/C19H21BrN4O3/c1-2-21-17-13-14(7-8-18(17)24(26)27)22-9-11-23(12-10-22)19(25)15-5-3-4-6-16(15)20/h3-8,13,21H,2,9-12H2,1H3. The Kier molecular flexibility index (Phi) is 5.95. The molecule has 1 aliphatic rings. The molecule has 0 bridgehead atoms. The van der Waals surface area contributed by atoms with Crippen LogP contribution >= 0.6 is 15.9 Å². The SMILES string of the molecule is CCNc1cc(N2CCN(C(=O)c3ccccc3Br)CC2)ccc1[N+](=O)[O-]. The molecule has 3 rings (SSSR count). The third kappa shape index (κ3) is 4.21. The normalized spacial score (nSPS) is 14.1. The maximum atomic E-state index is 12.7. The lowest BCUT2D eigenvalue weighted by atomic mass is 10.1. The summed E-state index contributed by atoms with van der Waals surface area (Å²) in [5.41, 5.74) is 2.18. The number of hydrogen-bond acceptors (Lipinski definition) is 5. The predicted octanol–water partition coefficient (Wildman–Crippen LogP) is 3.75. The molecule has 8 heteroatoms. The van der Waals surface area contributed by atoms with Gasteiger partial charge in [-0.05, 0) is 47.1 Å². The molecule has 142 valence electrons. The summed E-state index contributed by atoms with van der Waals surface area (Å²) in [5, 5.41) is 14.2. The van der Waals surface area contributed by atoms with Gasteiger partial charge in [-0.25, -0.2) is 0 Å². The molecule has 0 aromatic heterocycles. The molecular formula is C19H21BrN4O3. The highest BCUT2D eigenvalue weighted by Gasteiger charge is 2.24. The Hall–Kier alpha value is -2.61. The van der Waals surface area contributed by atoms with Gasteiger partial charge in [0.25, 0.3) is 11.6 Å². The second kappa shape index (κ2) is 8.39. The fourth-order valence-electron chi connectivity index (χ4n) is 3.18. The van der Waals surface area contributed by atoms with Crippen molar-refractivity contribution in [1.29, 1.82) is 0 Å². The Morgan fingerprint density at radius 2 is 1.89 bits per heavy atom. The number of anilines is 2. The van der Waals surface area contributed by atoms with Crippen LogP contribution in [0.4, 0.5) is 17.1 Å². The fraction of sp³-hybridized carbons (Fsp3) is 0.316. The average Bonchev–Trinajstić information content (AvgIpc) is 2.68. The molecule has 7 nitrogen and oxygen atoms in total. The lowest BCUT2D eigenvalue weighted by Gasteiger charge is -2.36. The first-order valence-electron chi connectivity index (χ1n) is 8.82. The van der Waals surface area contributed by atoms with E-state index in [1.54, 1.807) is 6.07 Å². The Bertz CT molecular complexity index is 851. The number of rotatable bonds is 5. The molecule has 0 aliphatic carbocycles. The number of nitrogens with one attached hydrogen (secondary N) is 1. The summed E-state index contributed by atoms with van der Waals surface area (Å²) in [6, 6.07) is 12.5. The smallest absolute Gasteiger partial charge is 0.292 e. The molecule has 1 fully saturated rings. The highest BCUT2D eigenvalue weighted by Crippen LogP contribution is 2.30. The van der Waals surface area contributed by atoms with Gasteiger partial charge in [-0.1, -0.05) is 12.1 Å². The van der Waals surface area contributed by atoms with Crippen LogP contribution < -0.4 is 10.2 Å². The van der Waals surface area contributed by atoms with Gasteiger partial charge < -0.3 is 15.1 Å². The second-order valence-electron chi connectivity index (χ2n) is 6.25. The Morgan fingerprint density at radius 3 is 2.52 bits per heavy atom. The van der Waals surface area contributed by atoms with E-state index in [1.165, 1.54) is 6.07 Å². The third-order valence-electron chi connectivity index (χ3n) is 4.58. The van der Waals surface area contributed by atoms with E-state index < -0.39 is 0 Å². The van der Waals surface area contributed by atoms with Gasteiger partial charge in [0, 0.05) is 49.0 Å². The largest absolute Gasteiger partial charge is 0.380 e. The van der Waals surface area contributed by atoms with Crippen molar-refractivity contribution < 1.29 is 9.72 Å². The summed E-state index contributed by atoms with van der Waals surface area (Å²) in [5.74, 6) is 0.0131. The molecule has 2 aromatic rings. The Balaban J connectivity index is 1.70. The number of halogens is 1. The zero-order valence-corrected chi connectivity index (χ0v) is 16.6. The third-order valence-corrected chi connectivity index (χ3v) is 5.27. The summed E-state index contributed by atoms with van der Waals surface area (Å²) in [6.07, 6.45) is 0. The fourth-order valence-corrected chi connectivity index (χ4v) is 3.64. The average molecular weight is 433 g/mol. The molecule has 1 N–H and O–H groups in total. The van der Waals surface area contributed by atoms with E-state index in [0.717, 1.165) is 10.2 Å². The molecule has 0 atom stereocenters. The number of piperazine rings is 1. The van der Waals surface area contributed by atoms with Crippen molar-refractivity contribution in [2.45, 2.75) is 6.92 Å². The number of amides is 1. The van der Waals surface area contributed by atoms with Crippen LogP contribution in [-0.4, -0.2) is 48.5 Å². The van der Waals surface area contributed by atoms with Crippen molar-refractivity contribution in [2.75, 3.05) is 42.9 Å². The lowest BCUT2D eigenvalue weighted by molar-refractivity contribution is -0.383. The Morgan fingerprint density at radius 1 is 1.19 bits per heavy atom. The van der Waals surface area contributed by atoms with E-state index in [4.69, 9.17) is 0 Å². The number of nitrogens with zero attached hydrogens (tertiary/aromatic N) is 3. The maximum Gasteiger partial charge on any atom is 0.292 e. The first kappa shape index (κ1) is 19.2. The van der Waals surface area contributed by atoms with Crippen molar-refractivity contribution in [3.63, 3.8) is 0 Å². The molecule has 27 heavy (non-hydrogen) atoms. The van der Waals surface area contributed by atoms with E-state index in [0.29, 0.717) is 44.0 Å². The van der Waals surface area contributed by atoms with Gasteiger partial charge in [0.05, 0.1) is 10.5 Å². The summed E-state index contributed by atoms with van der Waals surface area (Å²) in [4.78, 5) is 27.5. The first-order valence-corrected chi connectivity index (χ1v) is 9.61. The van der Waals surface area contributed by atoms with Crippen LogP contribution in [0, 0.1) is 10.1 Å². The van der Waals surface area contributed by atoms with Gasteiger partial charge in [0.15, 0.2) is 0 Å². The molecule has 1 heterocycles. The van der Waals surface area contributed by atoms with Crippen LogP contribution in [0.15, 0.2) is 46.9 Å². The van der Waals surface area contributed by atoms with Crippen molar-refractivity contribution >= 4 is 38.9 Å². The van der Waals surface area contributed by atoms with Gasteiger partial charge in [-0.15, -0.1) is 0 Å². The first-order chi connectivity index (χ1) is 13.0. The zero-order chi connectivity index (χ0) is 19.4. The zero-order valence-electron chi connectivity index (χ0n) is 15.0. The van der Waals surface area contributed by atoms with Gasteiger partial charge >= 0.3 is 0 Å². The molecule has 0 unspecified atom stereocenters. The van der Waals surface area contributed by atoms with Crippen LogP contribution in [0.2, 0.25) is 0 Å². The van der Waals surface area contributed by atoms with Gasteiger partial charge in [-0.3, -0.25) is 14.9 Å². The van der Waals surface area contributed by atoms with Crippen LogP contribution in [0.1, 0.15) is 17.3 Å². The van der Waals surface area contributed by atoms with E-state index in [2.05, 4.69) is 26.1 Å². The van der Waals surface area contributed by atoms with Crippen molar-refractivity contribution in [2.24, 2.45) is 0 Å². The van der Waals surface area contributed by atoms with E-state index in [9.17, 15) is 14.9 Å². The van der Waals surface area contributed by atoms with Gasteiger partial charge in [0.2, 0.25) is 0 Å². The van der Waals surface area contributed by atoms with Crippen LogP contribution in [0.5, 0.6) is 0 Å². The minimum Gasteiger partial charge on any atom is -0.380 e. The quantitative estimate of drug-likeness (QED) is 0.574. The molecular weight excluding hydrogens is 412 g/mol.